The van der Waals surface area contributed by atoms with Gasteiger partial charge >= 0.3 is 0 Å². The molecule has 0 aliphatic heterocycles. The predicted molar refractivity (Wildman–Crippen MR) is 149 cm³/mol. The third-order valence-corrected chi connectivity index (χ3v) is 6.73. The highest BCUT2D eigenvalue weighted by Gasteiger charge is 2.21. The van der Waals surface area contributed by atoms with Gasteiger partial charge in [-0.3, -0.25) is 0 Å². The predicted octanol–water partition coefficient (Wildman–Crippen LogP) is 9.11. The number of hydrogen-bond donors (Lipinski definition) is 1. The molecule has 0 spiro atoms. The second-order valence-corrected chi connectivity index (χ2v) is 9.77. The number of aromatic hydroxyl groups is 1. The minimum atomic E-state index is 0.233. The Bertz CT molecular complexity index is 1480. The quantitative estimate of drug-likeness (QED) is 0.207. The molecule has 2 heteroatoms. The molecular weight excluding hydrogens is 426 g/mol. The SMILES string of the molecule is CC(C)c1cccc(C(C)C)c1N=C(c1ccccc1O)c1c2ccccc2cc2ccccc12. The molecule has 0 aliphatic rings. The van der Waals surface area contributed by atoms with Gasteiger partial charge in [-0.05, 0) is 62.7 Å². The van der Waals surface area contributed by atoms with Crippen LogP contribution >= 0.6 is 0 Å². The van der Waals surface area contributed by atoms with E-state index in [1.54, 1.807) is 6.07 Å². The molecule has 0 radical (unpaired) electrons. The van der Waals surface area contributed by atoms with Crippen molar-refractivity contribution >= 4 is 32.9 Å². The maximum Gasteiger partial charge on any atom is 0.124 e. The van der Waals surface area contributed by atoms with E-state index in [9.17, 15) is 5.11 Å². The average Bonchev–Trinajstić information content (AvgIpc) is 2.86. The minimum Gasteiger partial charge on any atom is -0.507 e. The number of rotatable bonds is 5. The second-order valence-electron chi connectivity index (χ2n) is 9.77. The molecule has 0 aromatic heterocycles. The van der Waals surface area contributed by atoms with E-state index in [2.05, 4.69) is 100 Å². The standard InChI is InChI=1S/C33H31NO/c1-21(2)25-17-11-18-26(22(3)4)32(25)34-33(29-16-9-10-19-30(29)35)31-27-14-7-5-12-23(27)20-24-13-6-8-15-28(24)31/h5-22,35H,1-4H3. The Kier molecular flexibility index (Phi) is 6.13. The Morgan fingerprint density at radius 2 is 1.14 bits per heavy atom. The monoisotopic (exact) mass is 457 g/mol. The fourth-order valence-corrected chi connectivity index (χ4v) is 4.95. The topological polar surface area (TPSA) is 32.6 Å². The summed E-state index contributed by atoms with van der Waals surface area (Å²) in [5.74, 6) is 0.876. The molecule has 174 valence electrons. The van der Waals surface area contributed by atoms with Crippen molar-refractivity contribution in [2.75, 3.05) is 0 Å². The Morgan fingerprint density at radius 3 is 1.69 bits per heavy atom. The summed E-state index contributed by atoms with van der Waals surface area (Å²) in [6, 6.07) is 33.2. The summed E-state index contributed by atoms with van der Waals surface area (Å²) in [6.45, 7) is 8.85. The molecule has 0 unspecified atom stereocenters. The van der Waals surface area contributed by atoms with E-state index in [0.717, 1.165) is 44.1 Å². The zero-order chi connectivity index (χ0) is 24.5. The number of hydrogen-bond acceptors (Lipinski definition) is 2. The van der Waals surface area contributed by atoms with Gasteiger partial charge in [0.15, 0.2) is 0 Å². The molecule has 0 aliphatic carbocycles. The molecule has 0 amide bonds. The first-order valence-electron chi connectivity index (χ1n) is 12.4. The third kappa shape index (κ3) is 4.21. The fourth-order valence-electron chi connectivity index (χ4n) is 4.95. The van der Waals surface area contributed by atoms with Crippen molar-refractivity contribution in [3.05, 3.63) is 119 Å². The molecule has 2 nitrogen and oxygen atoms in total. The van der Waals surface area contributed by atoms with Gasteiger partial charge in [0.05, 0.1) is 11.4 Å². The van der Waals surface area contributed by atoms with E-state index in [4.69, 9.17) is 4.99 Å². The van der Waals surface area contributed by atoms with Crippen LogP contribution in [0.15, 0.2) is 102 Å². The maximum absolute atomic E-state index is 11.0. The normalized spacial score (nSPS) is 12.2. The van der Waals surface area contributed by atoms with E-state index in [1.807, 2.05) is 18.2 Å². The van der Waals surface area contributed by atoms with E-state index in [-0.39, 0.29) is 5.75 Å². The summed E-state index contributed by atoms with van der Waals surface area (Å²) in [4.78, 5) is 5.46. The van der Waals surface area contributed by atoms with Gasteiger partial charge in [0.25, 0.3) is 0 Å². The number of nitrogens with zero attached hydrogens (tertiary/aromatic N) is 1. The van der Waals surface area contributed by atoms with Gasteiger partial charge in [-0.2, -0.15) is 0 Å². The lowest BCUT2D eigenvalue weighted by atomic mass is 9.89. The molecule has 0 saturated carbocycles. The molecule has 0 fully saturated rings. The zero-order valence-corrected chi connectivity index (χ0v) is 20.8. The van der Waals surface area contributed by atoms with Gasteiger partial charge < -0.3 is 5.11 Å². The average molecular weight is 458 g/mol. The lowest BCUT2D eigenvalue weighted by molar-refractivity contribution is 0.474. The Morgan fingerprint density at radius 1 is 0.629 bits per heavy atom. The van der Waals surface area contributed by atoms with Gasteiger partial charge in [-0.15, -0.1) is 0 Å². The van der Waals surface area contributed by atoms with Crippen molar-refractivity contribution in [2.45, 2.75) is 39.5 Å². The van der Waals surface area contributed by atoms with Crippen LogP contribution in [-0.4, -0.2) is 10.8 Å². The first kappa shape index (κ1) is 22.9. The molecule has 0 saturated heterocycles. The fraction of sp³-hybridized carbons (Fsp3) is 0.182. The molecule has 5 aromatic carbocycles. The van der Waals surface area contributed by atoms with Gasteiger partial charge in [0.2, 0.25) is 0 Å². The zero-order valence-electron chi connectivity index (χ0n) is 20.8. The Balaban J connectivity index is 1.97. The largest absolute Gasteiger partial charge is 0.507 e. The highest BCUT2D eigenvalue weighted by molar-refractivity contribution is 6.28. The minimum absolute atomic E-state index is 0.233. The molecule has 35 heavy (non-hydrogen) atoms. The number of para-hydroxylation sites is 2. The van der Waals surface area contributed by atoms with Crippen molar-refractivity contribution in [1.29, 1.82) is 0 Å². The van der Waals surface area contributed by atoms with Gasteiger partial charge in [-0.25, -0.2) is 4.99 Å². The van der Waals surface area contributed by atoms with Crippen LogP contribution in [0.4, 0.5) is 5.69 Å². The van der Waals surface area contributed by atoms with Crippen LogP contribution in [-0.2, 0) is 0 Å². The summed E-state index contributed by atoms with van der Waals surface area (Å²) >= 11 is 0. The smallest absolute Gasteiger partial charge is 0.124 e. The molecular formula is C33H31NO. The molecule has 0 atom stereocenters. The van der Waals surface area contributed by atoms with Crippen LogP contribution in [0.3, 0.4) is 0 Å². The van der Waals surface area contributed by atoms with Crippen LogP contribution in [0.2, 0.25) is 0 Å². The Hall–Kier alpha value is -3.91. The number of benzene rings is 5. The molecule has 5 rings (SSSR count). The van der Waals surface area contributed by atoms with Crippen molar-refractivity contribution in [3.63, 3.8) is 0 Å². The second kappa shape index (κ2) is 9.38. The highest BCUT2D eigenvalue weighted by Crippen LogP contribution is 2.39. The van der Waals surface area contributed by atoms with Gasteiger partial charge in [0.1, 0.15) is 5.75 Å². The van der Waals surface area contributed by atoms with E-state index in [1.165, 1.54) is 11.1 Å². The summed E-state index contributed by atoms with van der Waals surface area (Å²) in [5, 5.41) is 15.6. The van der Waals surface area contributed by atoms with E-state index in [0.29, 0.717) is 11.8 Å². The van der Waals surface area contributed by atoms with E-state index >= 15 is 0 Å². The van der Waals surface area contributed by atoms with E-state index < -0.39 is 0 Å². The lowest BCUT2D eigenvalue weighted by Gasteiger charge is -2.20. The van der Waals surface area contributed by atoms with Crippen LogP contribution in [0.5, 0.6) is 5.75 Å². The van der Waals surface area contributed by atoms with Crippen molar-refractivity contribution < 1.29 is 5.11 Å². The first-order chi connectivity index (χ1) is 17.0. The summed E-state index contributed by atoms with van der Waals surface area (Å²) < 4.78 is 0. The van der Waals surface area contributed by atoms with Crippen LogP contribution < -0.4 is 0 Å². The summed E-state index contributed by atoms with van der Waals surface area (Å²) in [6.07, 6.45) is 0. The number of aliphatic imine (C=N–C) groups is 1. The Labute approximate surface area is 207 Å². The lowest BCUT2D eigenvalue weighted by Crippen LogP contribution is -2.07. The third-order valence-electron chi connectivity index (χ3n) is 6.73. The molecule has 0 bridgehead atoms. The molecule has 0 heterocycles. The maximum atomic E-state index is 11.0. The number of phenolic OH excluding ortho intramolecular Hbond substituents is 1. The summed E-state index contributed by atoms with van der Waals surface area (Å²) in [7, 11) is 0. The van der Waals surface area contributed by atoms with Gasteiger partial charge in [-0.1, -0.05) is 107 Å². The number of phenols is 1. The van der Waals surface area contributed by atoms with Crippen molar-refractivity contribution in [3.8, 4) is 5.75 Å². The highest BCUT2D eigenvalue weighted by atomic mass is 16.3. The number of fused-ring (bicyclic) bond motifs is 2. The molecule has 1 N–H and O–H groups in total. The van der Waals surface area contributed by atoms with Crippen LogP contribution in [0, 0.1) is 0 Å². The van der Waals surface area contributed by atoms with Crippen molar-refractivity contribution in [1.82, 2.24) is 0 Å². The summed E-state index contributed by atoms with van der Waals surface area (Å²) in [5.41, 5.74) is 6.02. The molecule has 5 aromatic rings. The van der Waals surface area contributed by atoms with Gasteiger partial charge in [0, 0.05) is 11.1 Å². The van der Waals surface area contributed by atoms with Crippen molar-refractivity contribution in [2.24, 2.45) is 4.99 Å². The first-order valence-corrected chi connectivity index (χ1v) is 12.4. The van der Waals surface area contributed by atoms with Crippen LogP contribution in [0.1, 0.15) is 61.8 Å². The van der Waals surface area contributed by atoms with Crippen LogP contribution in [0.25, 0.3) is 21.5 Å².